The Balaban J connectivity index is 2.74. The molecule has 2 heteroatoms. The molecule has 9 heavy (non-hydrogen) atoms. The smallest absolute Gasteiger partial charge is 0.0000615 e. The Hall–Kier alpha value is -0.630. The van der Waals surface area contributed by atoms with E-state index in [0.717, 1.165) is 25.9 Å². The second-order valence-electron chi connectivity index (χ2n) is 1.82. The normalized spacial score (nSPS) is 8.89. The molecule has 0 atom stereocenters. The molecular formula is C7H14N2. The van der Waals surface area contributed by atoms with Crippen LogP contribution >= 0.6 is 0 Å². The fourth-order valence-corrected chi connectivity index (χ4v) is 0.503. The lowest BCUT2D eigenvalue weighted by Gasteiger charge is -1.96. The van der Waals surface area contributed by atoms with Crippen LogP contribution in [0.2, 0.25) is 0 Å². The Labute approximate surface area is 56.5 Å². The van der Waals surface area contributed by atoms with Crippen LogP contribution in [0.15, 0.2) is 12.7 Å². The summed E-state index contributed by atoms with van der Waals surface area (Å²) in [4.78, 5) is 0. The van der Waals surface area contributed by atoms with Gasteiger partial charge in [0.25, 0.3) is 0 Å². The van der Waals surface area contributed by atoms with Gasteiger partial charge in [0.05, 0.1) is 0 Å². The Kier molecular flexibility index (Phi) is 6.85. The van der Waals surface area contributed by atoms with Crippen molar-refractivity contribution >= 4 is 6.21 Å². The molecule has 0 heterocycles. The van der Waals surface area contributed by atoms with Crippen molar-refractivity contribution in [3.8, 4) is 0 Å². The zero-order valence-electron chi connectivity index (χ0n) is 5.69. The Morgan fingerprint density at radius 3 is 2.56 bits per heavy atom. The van der Waals surface area contributed by atoms with E-state index in [1.54, 1.807) is 0 Å². The highest BCUT2D eigenvalue weighted by Gasteiger charge is 1.80. The second kappa shape index (κ2) is 7.37. The average Bonchev–Trinajstić information content (AvgIpc) is 1.89. The number of rotatable bonds is 6. The second-order valence-corrected chi connectivity index (χ2v) is 1.82. The van der Waals surface area contributed by atoms with Gasteiger partial charge in [-0.15, -0.1) is 6.58 Å². The van der Waals surface area contributed by atoms with Gasteiger partial charge in [-0.3, -0.25) is 0 Å². The van der Waals surface area contributed by atoms with E-state index >= 15 is 0 Å². The topological polar surface area (TPSA) is 35.9 Å². The summed E-state index contributed by atoms with van der Waals surface area (Å²) in [6.07, 6.45) is 5.15. The van der Waals surface area contributed by atoms with Gasteiger partial charge in [0, 0.05) is 6.54 Å². The molecule has 0 amide bonds. The van der Waals surface area contributed by atoms with Gasteiger partial charge in [-0.2, -0.15) is 0 Å². The van der Waals surface area contributed by atoms with Crippen LogP contribution in [0.4, 0.5) is 0 Å². The van der Waals surface area contributed by atoms with E-state index < -0.39 is 0 Å². The summed E-state index contributed by atoms with van der Waals surface area (Å²) in [5, 5.41) is 9.86. The molecular weight excluding hydrogens is 112 g/mol. The summed E-state index contributed by atoms with van der Waals surface area (Å²) in [6, 6.07) is 0. The van der Waals surface area contributed by atoms with Crippen molar-refractivity contribution in [1.82, 2.24) is 5.32 Å². The van der Waals surface area contributed by atoms with E-state index in [4.69, 9.17) is 5.41 Å². The molecule has 0 aliphatic rings. The van der Waals surface area contributed by atoms with Crippen molar-refractivity contribution in [1.29, 1.82) is 5.41 Å². The molecule has 0 aromatic heterocycles. The largest absolute Gasteiger partial charge is 0.316 e. The number of hydrogen-bond donors (Lipinski definition) is 2. The van der Waals surface area contributed by atoms with Gasteiger partial charge in [-0.25, -0.2) is 0 Å². The fraction of sp³-hybridized carbons (Fsp3) is 0.571. The van der Waals surface area contributed by atoms with Crippen molar-refractivity contribution in [2.24, 2.45) is 0 Å². The van der Waals surface area contributed by atoms with Crippen LogP contribution in [0, 0.1) is 5.41 Å². The average molecular weight is 126 g/mol. The quantitative estimate of drug-likeness (QED) is 0.313. The maximum absolute atomic E-state index is 6.70. The Morgan fingerprint density at radius 1 is 1.33 bits per heavy atom. The third-order valence-corrected chi connectivity index (χ3v) is 0.991. The van der Waals surface area contributed by atoms with E-state index in [9.17, 15) is 0 Å². The highest BCUT2D eigenvalue weighted by atomic mass is 14.8. The SMILES string of the molecule is C=CCCNCCC=N. The maximum atomic E-state index is 6.70. The minimum Gasteiger partial charge on any atom is -0.316 e. The standard InChI is InChI=1S/C7H14N2/c1-2-3-6-9-7-4-5-8/h2,5,8-9H,1,3-4,6-7H2. The van der Waals surface area contributed by atoms with Crippen LogP contribution in [0.3, 0.4) is 0 Å². The van der Waals surface area contributed by atoms with E-state index in [1.165, 1.54) is 6.21 Å². The highest BCUT2D eigenvalue weighted by molar-refractivity contribution is 5.52. The van der Waals surface area contributed by atoms with Gasteiger partial charge in [0.2, 0.25) is 0 Å². The van der Waals surface area contributed by atoms with E-state index in [1.807, 2.05) is 6.08 Å². The minimum atomic E-state index is 0.830. The molecule has 0 saturated carbocycles. The summed E-state index contributed by atoms with van der Waals surface area (Å²) in [7, 11) is 0. The molecule has 2 nitrogen and oxygen atoms in total. The number of nitrogens with one attached hydrogen (secondary N) is 2. The third kappa shape index (κ3) is 7.37. The predicted molar refractivity (Wildman–Crippen MR) is 41.1 cm³/mol. The molecule has 0 aliphatic heterocycles. The van der Waals surface area contributed by atoms with Gasteiger partial charge in [-0.05, 0) is 25.6 Å². The van der Waals surface area contributed by atoms with Crippen LogP contribution in [-0.4, -0.2) is 19.3 Å². The first-order valence-corrected chi connectivity index (χ1v) is 3.22. The summed E-state index contributed by atoms with van der Waals surface area (Å²) >= 11 is 0. The van der Waals surface area contributed by atoms with Crippen LogP contribution < -0.4 is 5.32 Å². The minimum absolute atomic E-state index is 0.830. The van der Waals surface area contributed by atoms with Crippen molar-refractivity contribution in [2.75, 3.05) is 13.1 Å². The summed E-state index contributed by atoms with van der Waals surface area (Å²) < 4.78 is 0. The molecule has 0 fully saturated rings. The van der Waals surface area contributed by atoms with Crippen LogP contribution in [0.1, 0.15) is 12.8 Å². The molecule has 0 radical (unpaired) electrons. The van der Waals surface area contributed by atoms with Gasteiger partial charge in [0.15, 0.2) is 0 Å². The first-order valence-electron chi connectivity index (χ1n) is 3.22. The summed E-state index contributed by atoms with van der Waals surface area (Å²) in [5.74, 6) is 0. The monoisotopic (exact) mass is 126 g/mol. The molecule has 52 valence electrons. The van der Waals surface area contributed by atoms with E-state index in [2.05, 4.69) is 11.9 Å². The predicted octanol–water partition coefficient (Wildman–Crippen LogP) is 1.19. The van der Waals surface area contributed by atoms with E-state index in [-0.39, 0.29) is 0 Å². The lowest BCUT2D eigenvalue weighted by atomic mass is 10.4. The zero-order chi connectivity index (χ0) is 6.95. The number of hydrogen-bond acceptors (Lipinski definition) is 2. The first kappa shape index (κ1) is 8.37. The molecule has 0 saturated heterocycles. The third-order valence-electron chi connectivity index (χ3n) is 0.991. The Bertz CT molecular complexity index is 69.0. The van der Waals surface area contributed by atoms with Crippen molar-refractivity contribution in [2.45, 2.75) is 12.8 Å². The molecule has 2 N–H and O–H groups in total. The summed E-state index contributed by atoms with van der Waals surface area (Å²) in [5.41, 5.74) is 0. The molecule has 0 rings (SSSR count). The van der Waals surface area contributed by atoms with Gasteiger partial charge in [-0.1, -0.05) is 6.08 Å². The zero-order valence-corrected chi connectivity index (χ0v) is 5.69. The molecule has 0 bridgehead atoms. The molecule has 0 aromatic carbocycles. The fourth-order valence-electron chi connectivity index (χ4n) is 0.503. The van der Waals surface area contributed by atoms with Crippen LogP contribution in [-0.2, 0) is 0 Å². The summed E-state index contributed by atoms with van der Waals surface area (Å²) in [6.45, 7) is 5.49. The van der Waals surface area contributed by atoms with Gasteiger partial charge in [0.1, 0.15) is 0 Å². The Morgan fingerprint density at radius 2 is 2.00 bits per heavy atom. The molecule has 0 spiro atoms. The maximum Gasteiger partial charge on any atom is 0.0000615 e. The van der Waals surface area contributed by atoms with Crippen molar-refractivity contribution < 1.29 is 0 Å². The molecule has 0 aliphatic carbocycles. The van der Waals surface area contributed by atoms with Crippen LogP contribution in [0.5, 0.6) is 0 Å². The molecule has 0 aromatic rings. The van der Waals surface area contributed by atoms with Gasteiger partial charge >= 0.3 is 0 Å². The van der Waals surface area contributed by atoms with Crippen LogP contribution in [0.25, 0.3) is 0 Å². The van der Waals surface area contributed by atoms with Crippen molar-refractivity contribution in [3.63, 3.8) is 0 Å². The molecule has 0 unspecified atom stereocenters. The lowest BCUT2D eigenvalue weighted by molar-refractivity contribution is 0.709. The van der Waals surface area contributed by atoms with Gasteiger partial charge < -0.3 is 10.7 Å². The van der Waals surface area contributed by atoms with Crippen molar-refractivity contribution in [3.05, 3.63) is 12.7 Å². The highest BCUT2D eigenvalue weighted by Crippen LogP contribution is 1.75. The lowest BCUT2D eigenvalue weighted by Crippen LogP contribution is -2.16. The van der Waals surface area contributed by atoms with E-state index in [0.29, 0.717) is 0 Å². The first-order chi connectivity index (χ1) is 4.41.